The van der Waals surface area contributed by atoms with Gasteiger partial charge >= 0.3 is 0 Å². The second kappa shape index (κ2) is 2.89. The molecule has 0 unspecified atom stereocenters. The Kier molecular flexibility index (Phi) is 2.13. The molecule has 1 aliphatic heterocycles. The lowest BCUT2D eigenvalue weighted by atomic mass is 10.0. The van der Waals surface area contributed by atoms with Crippen LogP contribution in [0.15, 0.2) is 0 Å². The van der Waals surface area contributed by atoms with Crippen LogP contribution in [0.5, 0.6) is 0 Å². The van der Waals surface area contributed by atoms with Crippen LogP contribution in [0.1, 0.15) is 19.3 Å². The summed E-state index contributed by atoms with van der Waals surface area (Å²) in [5.41, 5.74) is 0. The molecule has 0 spiro atoms. The summed E-state index contributed by atoms with van der Waals surface area (Å²) < 4.78 is 0. The van der Waals surface area contributed by atoms with Gasteiger partial charge in [-0.3, -0.25) is 4.90 Å². The van der Waals surface area contributed by atoms with E-state index in [2.05, 4.69) is 17.9 Å². The van der Waals surface area contributed by atoms with Crippen molar-refractivity contribution in [2.24, 2.45) is 0 Å². The van der Waals surface area contributed by atoms with Gasteiger partial charge in [0.05, 0.1) is 6.04 Å². The smallest absolute Gasteiger partial charge is 0.0709 e. The summed E-state index contributed by atoms with van der Waals surface area (Å²) in [4.78, 5) is 2.25. The number of terminal acetylenes is 1. The minimum atomic E-state index is 0.416. The molecule has 1 aliphatic rings. The molecule has 0 radical (unpaired) electrons. The Hall–Kier alpha value is -0.480. The lowest BCUT2D eigenvalue weighted by Gasteiger charge is -2.28. The zero-order chi connectivity index (χ0) is 6.69. The van der Waals surface area contributed by atoms with Crippen molar-refractivity contribution in [3.05, 3.63) is 0 Å². The molecule has 0 aromatic rings. The Labute approximate surface area is 57.0 Å². The second-order valence-corrected chi connectivity index (χ2v) is 2.66. The third-order valence-electron chi connectivity index (χ3n) is 1.96. The molecular weight excluding hydrogens is 110 g/mol. The summed E-state index contributed by atoms with van der Waals surface area (Å²) in [5, 5.41) is 0. The van der Waals surface area contributed by atoms with Crippen molar-refractivity contribution in [3.63, 3.8) is 0 Å². The standard InChI is InChI=1S/C8H13N/c1-3-8-6-4-5-7-9(8)2/h1,8H,4-7H2,2H3/t8-/m0/s1. The summed E-state index contributed by atoms with van der Waals surface area (Å²) in [5.74, 6) is 2.78. The normalized spacial score (nSPS) is 29.6. The van der Waals surface area contributed by atoms with Crippen molar-refractivity contribution in [1.29, 1.82) is 0 Å². The zero-order valence-electron chi connectivity index (χ0n) is 5.93. The van der Waals surface area contributed by atoms with Gasteiger partial charge in [0.25, 0.3) is 0 Å². The summed E-state index contributed by atoms with van der Waals surface area (Å²) in [7, 11) is 2.10. The van der Waals surface area contributed by atoms with E-state index in [4.69, 9.17) is 6.42 Å². The van der Waals surface area contributed by atoms with E-state index in [-0.39, 0.29) is 0 Å². The maximum atomic E-state index is 5.30. The topological polar surface area (TPSA) is 3.24 Å². The maximum absolute atomic E-state index is 5.30. The molecule has 1 heteroatoms. The Balaban J connectivity index is 2.41. The molecule has 9 heavy (non-hydrogen) atoms. The van der Waals surface area contributed by atoms with Crippen molar-refractivity contribution in [1.82, 2.24) is 4.90 Å². The van der Waals surface area contributed by atoms with Crippen LogP contribution in [0, 0.1) is 12.3 Å². The van der Waals surface area contributed by atoms with E-state index < -0.39 is 0 Å². The molecule has 1 heterocycles. The van der Waals surface area contributed by atoms with Crippen molar-refractivity contribution in [2.75, 3.05) is 13.6 Å². The molecule has 0 aromatic heterocycles. The number of likely N-dealkylation sites (tertiary alicyclic amines) is 1. The molecule has 0 aromatic carbocycles. The van der Waals surface area contributed by atoms with Crippen LogP contribution in [0.2, 0.25) is 0 Å². The van der Waals surface area contributed by atoms with E-state index in [1.165, 1.54) is 25.8 Å². The first-order chi connectivity index (χ1) is 4.34. The molecule has 0 bridgehead atoms. The predicted molar refractivity (Wildman–Crippen MR) is 39.1 cm³/mol. The highest BCUT2D eigenvalue weighted by Crippen LogP contribution is 2.13. The molecule has 0 aliphatic carbocycles. The van der Waals surface area contributed by atoms with Gasteiger partial charge in [0, 0.05) is 0 Å². The van der Waals surface area contributed by atoms with E-state index in [0.717, 1.165) is 0 Å². The highest BCUT2D eigenvalue weighted by molar-refractivity contribution is 5.00. The van der Waals surface area contributed by atoms with Crippen LogP contribution >= 0.6 is 0 Å². The minimum absolute atomic E-state index is 0.416. The Bertz CT molecular complexity index is 123. The van der Waals surface area contributed by atoms with Crippen LogP contribution < -0.4 is 0 Å². The van der Waals surface area contributed by atoms with E-state index in [1.807, 2.05) is 0 Å². The predicted octanol–water partition coefficient (Wildman–Crippen LogP) is 1.10. The molecule has 1 saturated heterocycles. The van der Waals surface area contributed by atoms with Crippen LogP contribution in [0.3, 0.4) is 0 Å². The van der Waals surface area contributed by atoms with Crippen molar-refractivity contribution in [3.8, 4) is 12.3 Å². The zero-order valence-corrected chi connectivity index (χ0v) is 5.93. The van der Waals surface area contributed by atoms with Gasteiger partial charge in [-0.25, -0.2) is 0 Å². The summed E-state index contributed by atoms with van der Waals surface area (Å²) in [6.07, 6.45) is 9.11. The quantitative estimate of drug-likeness (QED) is 0.436. The molecule has 1 rings (SSSR count). The van der Waals surface area contributed by atoms with Crippen LogP contribution in [-0.2, 0) is 0 Å². The first-order valence-electron chi connectivity index (χ1n) is 3.51. The van der Waals surface area contributed by atoms with Gasteiger partial charge in [0.1, 0.15) is 0 Å². The molecular formula is C8H13N. The summed E-state index contributed by atoms with van der Waals surface area (Å²) >= 11 is 0. The fourth-order valence-electron chi connectivity index (χ4n) is 1.29. The average Bonchev–Trinajstić information content (AvgIpc) is 1.89. The first-order valence-corrected chi connectivity index (χ1v) is 3.51. The third kappa shape index (κ3) is 1.46. The number of hydrogen-bond acceptors (Lipinski definition) is 1. The highest BCUT2D eigenvalue weighted by Gasteiger charge is 2.14. The fourth-order valence-corrected chi connectivity index (χ4v) is 1.29. The average molecular weight is 123 g/mol. The molecule has 0 amide bonds. The van der Waals surface area contributed by atoms with Crippen LogP contribution in [-0.4, -0.2) is 24.5 Å². The lowest BCUT2D eigenvalue weighted by Crippen LogP contribution is -2.34. The van der Waals surface area contributed by atoms with Crippen molar-refractivity contribution in [2.45, 2.75) is 25.3 Å². The van der Waals surface area contributed by atoms with E-state index >= 15 is 0 Å². The Morgan fingerprint density at radius 2 is 2.33 bits per heavy atom. The minimum Gasteiger partial charge on any atom is -0.293 e. The highest BCUT2D eigenvalue weighted by atomic mass is 15.1. The number of nitrogens with zero attached hydrogens (tertiary/aromatic N) is 1. The largest absolute Gasteiger partial charge is 0.293 e. The Morgan fingerprint density at radius 3 is 2.78 bits per heavy atom. The summed E-state index contributed by atoms with van der Waals surface area (Å²) in [6, 6.07) is 0.416. The van der Waals surface area contributed by atoms with Gasteiger partial charge in [-0.05, 0) is 32.9 Å². The maximum Gasteiger partial charge on any atom is 0.0709 e. The molecule has 50 valence electrons. The van der Waals surface area contributed by atoms with E-state index in [1.54, 1.807) is 0 Å². The molecule has 1 nitrogen and oxygen atoms in total. The monoisotopic (exact) mass is 123 g/mol. The van der Waals surface area contributed by atoms with Crippen LogP contribution in [0.4, 0.5) is 0 Å². The molecule has 1 atom stereocenters. The van der Waals surface area contributed by atoms with E-state index in [0.29, 0.717) is 6.04 Å². The summed E-state index contributed by atoms with van der Waals surface area (Å²) in [6.45, 7) is 1.18. The van der Waals surface area contributed by atoms with Gasteiger partial charge in [-0.2, -0.15) is 0 Å². The van der Waals surface area contributed by atoms with Gasteiger partial charge in [-0.15, -0.1) is 6.42 Å². The van der Waals surface area contributed by atoms with Gasteiger partial charge in [-0.1, -0.05) is 5.92 Å². The number of rotatable bonds is 0. The number of piperidine rings is 1. The van der Waals surface area contributed by atoms with Crippen LogP contribution in [0.25, 0.3) is 0 Å². The molecule has 0 N–H and O–H groups in total. The lowest BCUT2D eigenvalue weighted by molar-refractivity contribution is 0.229. The third-order valence-corrected chi connectivity index (χ3v) is 1.96. The second-order valence-electron chi connectivity index (χ2n) is 2.66. The van der Waals surface area contributed by atoms with Gasteiger partial charge < -0.3 is 0 Å². The molecule has 1 fully saturated rings. The van der Waals surface area contributed by atoms with Gasteiger partial charge in [0.2, 0.25) is 0 Å². The van der Waals surface area contributed by atoms with E-state index in [9.17, 15) is 0 Å². The Morgan fingerprint density at radius 1 is 1.56 bits per heavy atom. The van der Waals surface area contributed by atoms with Crippen molar-refractivity contribution < 1.29 is 0 Å². The fraction of sp³-hybridized carbons (Fsp3) is 0.750. The van der Waals surface area contributed by atoms with Gasteiger partial charge in [0.15, 0.2) is 0 Å². The first kappa shape index (κ1) is 6.64. The molecule has 0 saturated carbocycles. The number of hydrogen-bond donors (Lipinski definition) is 0. The SMILES string of the molecule is C#C[C@H]1CCCCN1C. The van der Waals surface area contributed by atoms with Crippen molar-refractivity contribution >= 4 is 0 Å².